The lowest BCUT2D eigenvalue weighted by atomic mass is 9.80. The smallest absolute Gasteiger partial charge is 0.272 e. The van der Waals surface area contributed by atoms with Crippen LogP contribution in [0.25, 0.3) is 0 Å². The Morgan fingerprint density at radius 3 is 2.52 bits per heavy atom. The van der Waals surface area contributed by atoms with Gasteiger partial charge in [-0.3, -0.25) is 14.9 Å². The summed E-state index contributed by atoms with van der Waals surface area (Å²) in [5.74, 6) is -0.112. The highest BCUT2D eigenvalue weighted by Crippen LogP contribution is 2.25. The summed E-state index contributed by atoms with van der Waals surface area (Å²) in [5.41, 5.74) is 0.723. The molecule has 0 aliphatic rings. The summed E-state index contributed by atoms with van der Waals surface area (Å²) in [7, 11) is 0. The Kier molecular flexibility index (Phi) is 6.27. The van der Waals surface area contributed by atoms with Gasteiger partial charge in [0.25, 0.3) is 5.69 Å². The van der Waals surface area contributed by atoms with E-state index in [4.69, 9.17) is 0 Å². The summed E-state index contributed by atoms with van der Waals surface area (Å²) in [5, 5.41) is 23.9. The van der Waals surface area contributed by atoms with E-state index in [9.17, 15) is 20.0 Å². The second-order valence-electron chi connectivity index (χ2n) is 6.95. The summed E-state index contributed by atoms with van der Waals surface area (Å²) in [6.07, 6.45) is -0.441. The Balaban J connectivity index is 2.72. The molecule has 0 aliphatic carbocycles. The third kappa shape index (κ3) is 5.03. The standard InChI is InChI=1S/C17H26N2O4/c1-11(2)16(21)17(4,5)10-18-15(20)9-13-7-6-8-14(12(13)3)19(22)23/h6-8,11,16,21H,9-10H2,1-5H3,(H,18,20). The van der Waals surface area contributed by atoms with E-state index in [1.165, 1.54) is 6.07 Å². The summed E-state index contributed by atoms with van der Waals surface area (Å²) < 4.78 is 0. The van der Waals surface area contributed by atoms with Crippen LogP contribution in [0.15, 0.2) is 18.2 Å². The molecule has 0 fully saturated rings. The molecule has 1 aromatic rings. The number of aliphatic hydroxyl groups is 1. The number of carbonyl (C=O) groups is 1. The Bertz CT molecular complexity index is 582. The Labute approximate surface area is 137 Å². The largest absolute Gasteiger partial charge is 0.392 e. The Morgan fingerprint density at radius 2 is 2.00 bits per heavy atom. The summed E-state index contributed by atoms with van der Waals surface area (Å²) >= 11 is 0. The van der Waals surface area contributed by atoms with E-state index >= 15 is 0 Å². The monoisotopic (exact) mass is 322 g/mol. The first kappa shape index (κ1) is 19.1. The van der Waals surface area contributed by atoms with E-state index in [1.54, 1.807) is 19.1 Å². The fraction of sp³-hybridized carbons (Fsp3) is 0.588. The van der Waals surface area contributed by atoms with Crippen molar-refractivity contribution in [2.24, 2.45) is 11.3 Å². The molecule has 0 aliphatic heterocycles. The zero-order chi connectivity index (χ0) is 17.8. The first-order valence-electron chi connectivity index (χ1n) is 7.74. The molecule has 0 spiro atoms. The van der Waals surface area contributed by atoms with Crippen molar-refractivity contribution in [3.63, 3.8) is 0 Å². The number of hydrogen-bond acceptors (Lipinski definition) is 4. The third-order valence-corrected chi connectivity index (χ3v) is 4.14. The molecule has 6 nitrogen and oxygen atoms in total. The number of hydrogen-bond donors (Lipinski definition) is 2. The number of aliphatic hydroxyl groups excluding tert-OH is 1. The van der Waals surface area contributed by atoms with Gasteiger partial charge in [0.05, 0.1) is 17.4 Å². The van der Waals surface area contributed by atoms with E-state index in [0.29, 0.717) is 17.7 Å². The van der Waals surface area contributed by atoms with Gasteiger partial charge in [0.2, 0.25) is 5.91 Å². The molecule has 23 heavy (non-hydrogen) atoms. The molecule has 1 aromatic carbocycles. The highest BCUT2D eigenvalue weighted by molar-refractivity contribution is 5.79. The predicted octanol–water partition coefficient (Wildman–Crippen LogP) is 2.61. The van der Waals surface area contributed by atoms with E-state index in [0.717, 1.165) is 0 Å². The van der Waals surface area contributed by atoms with Gasteiger partial charge in [-0.05, 0) is 18.4 Å². The average molecular weight is 322 g/mol. The maximum absolute atomic E-state index is 12.1. The van der Waals surface area contributed by atoms with Crippen molar-refractivity contribution in [1.29, 1.82) is 0 Å². The summed E-state index contributed by atoms with van der Waals surface area (Å²) in [6.45, 7) is 9.65. The van der Waals surface area contributed by atoms with Crippen LogP contribution < -0.4 is 5.32 Å². The van der Waals surface area contributed by atoms with Crippen molar-refractivity contribution < 1.29 is 14.8 Å². The van der Waals surface area contributed by atoms with Crippen LogP contribution in [-0.4, -0.2) is 28.6 Å². The summed E-state index contributed by atoms with van der Waals surface area (Å²) in [4.78, 5) is 22.6. The van der Waals surface area contributed by atoms with Crippen LogP contribution in [-0.2, 0) is 11.2 Å². The van der Waals surface area contributed by atoms with E-state index in [1.807, 2.05) is 27.7 Å². The minimum atomic E-state index is -0.526. The van der Waals surface area contributed by atoms with E-state index < -0.39 is 16.4 Å². The first-order chi connectivity index (χ1) is 10.6. The quantitative estimate of drug-likeness (QED) is 0.596. The number of nitro benzene ring substituents is 1. The van der Waals surface area contributed by atoms with Crippen molar-refractivity contribution >= 4 is 11.6 Å². The molecule has 2 N–H and O–H groups in total. The van der Waals surface area contributed by atoms with Crippen LogP contribution in [0.2, 0.25) is 0 Å². The molecule has 1 unspecified atom stereocenters. The molecule has 1 atom stereocenters. The molecule has 128 valence electrons. The zero-order valence-corrected chi connectivity index (χ0v) is 14.4. The van der Waals surface area contributed by atoms with Crippen molar-refractivity contribution in [2.75, 3.05) is 6.54 Å². The van der Waals surface area contributed by atoms with Crippen LogP contribution in [0.1, 0.15) is 38.8 Å². The molecular weight excluding hydrogens is 296 g/mol. The third-order valence-electron chi connectivity index (χ3n) is 4.14. The SMILES string of the molecule is Cc1c(CC(=O)NCC(C)(C)C(O)C(C)C)cccc1[N+](=O)[O-]. The minimum Gasteiger partial charge on any atom is -0.392 e. The highest BCUT2D eigenvalue weighted by atomic mass is 16.6. The second kappa shape index (κ2) is 7.55. The van der Waals surface area contributed by atoms with Crippen molar-refractivity contribution in [3.8, 4) is 0 Å². The molecular formula is C17H26N2O4. The van der Waals surface area contributed by atoms with E-state index in [2.05, 4.69) is 5.32 Å². The molecule has 1 rings (SSSR count). The fourth-order valence-electron chi connectivity index (χ4n) is 2.63. The first-order valence-corrected chi connectivity index (χ1v) is 7.74. The number of amides is 1. The van der Waals surface area contributed by atoms with Crippen molar-refractivity contribution in [2.45, 2.75) is 47.1 Å². The van der Waals surface area contributed by atoms with Gasteiger partial charge in [0, 0.05) is 23.6 Å². The lowest BCUT2D eigenvalue weighted by Crippen LogP contribution is -2.44. The number of nitro groups is 1. The second-order valence-corrected chi connectivity index (χ2v) is 6.95. The fourth-order valence-corrected chi connectivity index (χ4v) is 2.63. The van der Waals surface area contributed by atoms with Crippen LogP contribution in [0, 0.1) is 28.4 Å². The van der Waals surface area contributed by atoms with E-state index in [-0.39, 0.29) is 23.9 Å². The highest BCUT2D eigenvalue weighted by Gasteiger charge is 2.30. The molecule has 0 saturated carbocycles. The lowest BCUT2D eigenvalue weighted by molar-refractivity contribution is -0.385. The maximum atomic E-state index is 12.1. The van der Waals surface area contributed by atoms with Gasteiger partial charge in [-0.1, -0.05) is 39.8 Å². The minimum absolute atomic E-state index is 0.0193. The predicted molar refractivity (Wildman–Crippen MR) is 89.2 cm³/mol. The molecule has 0 radical (unpaired) electrons. The van der Waals surface area contributed by atoms with Gasteiger partial charge >= 0.3 is 0 Å². The van der Waals surface area contributed by atoms with Gasteiger partial charge in [-0.2, -0.15) is 0 Å². The molecule has 0 aromatic heterocycles. The zero-order valence-electron chi connectivity index (χ0n) is 14.4. The van der Waals surface area contributed by atoms with Crippen LogP contribution in [0.4, 0.5) is 5.69 Å². The molecule has 1 amide bonds. The number of nitrogens with one attached hydrogen (secondary N) is 1. The van der Waals surface area contributed by atoms with Gasteiger partial charge in [-0.15, -0.1) is 0 Å². The Hall–Kier alpha value is -1.95. The van der Waals surface area contributed by atoms with Crippen LogP contribution >= 0.6 is 0 Å². The lowest BCUT2D eigenvalue weighted by Gasteiger charge is -2.33. The van der Waals surface area contributed by atoms with Gasteiger partial charge < -0.3 is 10.4 Å². The topological polar surface area (TPSA) is 92.5 Å². The normalized spacial score (nSPS) is 13.0. The van der Waals surface area contributed by atoms with Gasteiger partial charge in [0.15, 0.2) is 0 Å². The summed E-state index contributed by atoms with van der Waals surface area (Å²) in [6, 6.07) is 4.73. The van der Waals surface area contributed by atoms with Gasteiger partial charge in [0.1, 0.15) is 0 Å². The maximum Gasteiger partial charge on any atom is 0.272 e. The van der Waals surface area contributed by atoms with Crippen LogP contribution in [0.5, 0.6) is 0 Å². The molecule has 6 heteroatoms. The molecule has 0 heterocycles. The van der Waals surface area contributed by atoms with Gasteiger partial charge in [-0.25, -0.2) is 0 Å². The number of nitrogens with zero attached hydrogens (tertiary/aromatic N) is 1. The Morgan fingerprint density at radius 1 is 1.39 bits per heavy atom. The molecule has 0 saturated heterocycles. The van der Waals surface area contributed by atoms with Crippen molar-refractivity contribution in [3.05, 3.63) is 39.4 Å². The van der Waals surface area contributed by atoms with Crippen LogP contribution in [0.3, 0.4) is 0 Å². The number of rotatable bonds is 7. The van der Waals surface area contributed by atoms with Crippen molar-refractivity contribution in [1.82, 2.24) is 5.32 Å². The molecule has 0 bridgehead atoms. The number of carbonyl (C=O) groups excluding carboxylic acids is 1. The number of benzene rings is 1. The average Bonchev–Trinajstić information content (AvgIpc) is 2.46.